The summed E-state index contributed by atoms with van der Waals surface area (Å²) in [4.78, 5) is 13.9. The predicted molar refractivity (Wildman–Crippen MR) is 93.8 cm³/mol. The Kier molecular flexibility index (Phi) is 4.26. The minimum Gasteiger partial charge on any atom is -0.359 e. The van der Waals surface area contributed by atoms with E-state index in [1.165, 1.54) is 19.2 Å². The van der Waals surface area contributed by atoms with Crippen molar-refractivity contribution in [3.05, 3.63) is 41.1 Å². The van der Waals surface area contributed by atoms with Crippen molar-refractivity contribution in [3.63, 3.8) is 0 Å². The van der Waals surface area contributed by atoms with E-state index in [2.05, 4.69) is 5.32 Å². The number of halogens is 5. The molecule has 2 atom stereocenters. The van der Waals surface area contributed by atoms with Gasteiger partial charge < -0.3 is 5.32 Å². The first-order valence-corrected chi connectivity index (χ1v) is 8.80. The number of hydrogen-bond acceptors (Lipinski definition) is 2. The molecule has 1 amide bonds. The fraction of sp³-hybridized carbons (Fsp3) is 0.421. The van der Waals surface area contributed by atoms with Crippen LogP contribution in [0.25, 0.3) is 16.5 Å². The van der Waals surface area contributed by atoms with E-state index in [9.17, 15) is 26.7 Å². The van der Waals surface area contributed by atoms with Crippen molar-refractivity contribution in [2.24, 2.45) is 5.92 Å². The highest BCUT2D eigenvalue weighted by molar-refractivity contribution is 6.00. The summed E-state index contributed by atoms with van der Waals surface area (Å²) in [6, 6.07) is 3.99. The molecular weight excluding hydrogens is 381 g/mol. The number of aromatic nitrogens is 1. The van der Waals surface area contributed by atoms with Crippen molar-refractivity contribution in [3.8, 4) is 0 Å². The summed E-state index contributed by atoms with van der Waals surface area (Å²) in [6.07, 6.45) is -3.18. The molecule has 0 fully saturated rings. The molecule has 0 bridgehead atoms. The molecule has 0 saturated heterocycles. The van der Waals surface area contributed by atoms with Crippen molar-refractivity contribution in [1.82, 2.24) is 14.8 Å². The van der Waals surface area contributed by atoms with Gasteiger partial charge in [0.15, 0.2) is 0 Å². The Bertz CT molecular complexity index is 992. The molecule has 2 aromatic rings. The minimum atomic E-state index is -4.90. The largest absolute Gasteiger partial charge is 0.431 e. The molecule has 2 heterocycles. The lowest BCUT2D eigenvalue weighted by atomic mass is 9.79. The van der Waals surface area contributed by atoms with Crippen LogP contribution in [0.4, 0.5) is 22.0 Å². The first-order chi connectivity index (χ1) is 13.1. The first-order valence-electron chi connectivity index (χ1n) is 8.80. The minimum absolute atomic E-state index is 0.0368. The lowest BCUT2D eigenvalue weighted by Crippen LogP contribution is -2.46. The highest BCUT2D eigenvalue weighted by Gasteiger charge is 2.45. The fourth-order valence-corrected chi connectivity index (χ4v) is 4.52. The van der Waals surface area contributed by atoms with Crippen molar-refractivity contribution >= 4 is 22.4 Å². The van der Waals surface area contributed by atoms with Crippen LogP contribution in [0.2, 0.25) is 0 Å². The number of hydrogen-bond donors (Lipinski definition) is 1. The van der Waals surface area contributed by atoms with Crippen LogP contribution in [0.1, 0.15) is 23.4 Å². The van der Waals surface area contributed by atoms with Crippen molar-refractivity contribution in [2.75, 3.05) is 20.6 Å². The number of nitrogens with zero attached hydrogens (tertiary/aromatic N) is 2. The van der Waals surface area contributed by atoms with Crippen LogP contribution >= 0.6 is 0 Å². The average Bonchev–Trinajstić information content (AvgIpc) is 2.98. The molecule has 28 heavy (non-hydrogen) atoms. The number of alkyl halides is 5. The molecule has 4 rings (SSSR count). The van der Waals surface area contributed by atoms with E-state index in [0.717, 1.165) is 0 Å². The third-order valence-electron chi connectivity index (χ3n) is 5.64. The molecule has 1 aliphatic heterocycles. The number of benzene rings is 1. The zero-order valence-corrected chi connectivity index (χ0v) is 15.1. The molecule has 9 heteroatoms. The molecule has 1 aromatic carbocycles. The molecule has 1 N–H and O–H groups in total. The van der Waals surface area contributed by atoms with Gasteiger partial charge in [0.25, 0.3) is 0 Å². The Morgan fingerprint density at radius 3 is 2.61 bits per heavy atom. The van der Waals surface area contributed by atoms with E-state index in [4.69, 9.17) is 0 Å². The molecule has 0 spiro atoms. The van der Waals surface area contributed by atoms with Gasteiger partial charge in [-0.3, -0.25) is 14.3 Å². The number of nitrogens with one attached hydrogen (secondary N) is 1. The second-order valence-corrected chi connectivity index (χ2v) is 7.17. The van der Waals surface area contributed by atoms with Crippen molar-refractivity contribution in [2.45, 2.75) is 25.2 Å². The number of amides is 1. The third-order valence-corrected chi connectivity index (χ3v) is 5.64. The Balaban J connectivity index is 2.03. The third kappa shape index (κ3) is 2.63. The summed E-state index contributed by atoms with van der Waals surface area (Å²) in [7, 11) is 3.25. The standard InChI is InChI=1S/C19H18F5N3O/c1-25-17(28)9-6-11-10-4-3-5-13-15(10)12(7-14(11)26(2)8-9)16(19(22,23)24)27(13)18(20)21/h3-6,9,14,18H,7-8H2,1-2H3,(H,25,28). The van der Waals surface area contributed by atoms with Crippen LogP contribution in [-0.4, -0.2) is 42.1 Å². The fourth-order valence-electron chi connectivity index (χ4n) is 4.52. The Morgan fingerprint density at radius 2 is 2.00 bits per heavy atom. The average molecular weight is 399 g/mol. The molecule has 150 valence electrons. The van der Waals surface area contributed by atoms with E-state index in [-0.39, 0.29) is 33.4 Å². The smallest absolute Gasteiger partial charge is 0.359 e. The van der Waals surface area contributed by atoms with E-state index in [1.54, 1.807) is 19.2 Å². The summed E-state index contributed by atoms with van der Waals surface area (Å²) < 4.78 is 68.6. The van der Waals surface area contributed by atoms with Gasteiger partial charge in [-0.05, 0) is 36.2 Å². The van der Waals surface area contributed by atoms with Gasteiger partial charge in [0.2, 0.25) is 5.91 Å². The van der Waals surface area contributed by atoms with E-state index < -0.39 is 30.4 Å². The van der Waals surface area contributed by atoms with Gasteiger partial charge in [0.1, 0.15) is 5.69 Å². The maximum atomic E-state index is 13.7. The lowest BCUT2D eigenvalue weighted by molar-refractivity contribution is -0.148. The number of carbonyl (C=O) groups is 1. The van der Waals surface area contributed by atoms with Gasteiger partial charge in [-0.1, -0.05) is 18.2 Å². The number of rotatable bonds is 2. The van der Waals surface area contributed by atoms with Gasteiger partial charge in [-0.15, -0.1) is 0 Å². The number of carbonyl (C=O) groups excluding carboxylic acids is 1. The SMILES string of the molecule is CNC(=O)C1C=C2c3cccc4c3c(c(C(F)(F)F)n4C(F)F)CC2N(C)C1. The van der Waals surface area contributed by atoms with Crippen molar-refractivity contribution in [1.29, 1.82) is 0 Å². The predicted octanol–water partition coefficient (Wildman–Crippen LogP) is 3.67. The summed E-state index contributed by atoms with van der Waals surface area (Å²) in [5, 5.41) is 2.78. The van der Waals surface area contributed by atoms with Crippen LogP contribution in [0.5, 0.6) is 0 Å². The summed E-state index contributed by atoms with van der Waals surface area (Å²) in [5.74, 6) is -0.658. The molecule has 0 saturated carbocycles. The number of fused-ring (bicyclic) bond motifs is 2. The Labute approximate surface area is 157 Å². The zero-order valence-electron chi connectivity index (χ0n) is 15.1. The van der Waals surface area contributed by atoms with Crippen LogP contribution in [0, 0.1) is 5.92 Å². The summed E-state index contributed by atoms with van der Waals surface area (Å²) >= 11 is 0. The van der Waals surface area contributed by atoms with E-state index >= 15 is 0 Å². The van der Waals surface area contributed by atoms with Gasteiger partial charge in [0, 0.05) is 25.0 Å². The topological polar surface area (TPSA) is 37.3 Å². The van der Waals surface area contributed by atoms with Crippen LogP contribution in [0.3, 0.4) is 0 Å². The van der Waals surface area contributed by atoms with Gasteiger partial charge >= 0.3 is 12.7 Å². The van der Waals surface area contributed by atoms with Crippen LogP contribution in [-0.2, 0) is 17.4 Å². The van der Waals surface area contributed by atoms with Gasteiger partial charge in [-0.2, -0.15) is 22.0 Å². The van der Waals surface area contributed by atoms with E-state index in [0.29, 0.717) is 17.7 Å². The quantitative estimate of drug-likeness (QED) is 0.783. The second-order valence-electron chi connectivity index (χ2n) is 7.17. The summed E-state index contributed by atoms with van der Waals surface area (Å²) in [6.45, 7) is -2.97. The molecule has 2 unspecified atom stereocenters. The van der Waals surface area contributed by atoms with Gasteiger partial charge in [-0.25, -0.2) is 0 Å². The molecule has 4 nitrogen and oxygen atoms in total. The Hall–Kier alpha value is -2.42. The van der Waals surface area contributed by atoms with Crippen molar-refractivity contribution < 1.29 is 26.7 Å². The zero-order chi connectivity index (χ0) is 20.4. The second kappa shape index (κ2) is 6.30. The number of likely N-dealkylation sites (N-methyl/N-ethyl adjacent to an activating group) is 1. The first kappa shape index (κ1) is 18.9. The molecular formula is C19H18F5N3O. The summed E-state index contributed by atoms with van der Waals surface area (Å²) in [5.41, 5.74) is -0.342. The maximum Gasteiger partial charge on any atom is 0.431 e. The van der Waals surface area contributed by atoms with Crippen LogP contribution < -0.4 is 5.32 Å². The molecule has 0 radical (unpaired) electrons. The van der Waals surface area contributed by atoms with E-state index in [1.807, 2.05) is 4.90 Å². The highest BCUT2D eigenvalue weighted by Crippen LogP contribution is 2.48. The lowest BCUT2D eigenvalue weighted by Gasteiger charge is -2.39. The maximum absolute atomic E-state index is 13.7. The van der Waals surface area contributed by atoms with Crippen LogP contribution in [0.15, 0.2) is 24.3 Å². The molecule has 2 aliphatic rings. The monoisotopic (exact) mass is 399 g/mol. The normalized spacial score (nSPS) is 22.4. The van der Waals surface area contributed by atoms with Gasteiger partial charge in [0.05, 0.1) is 11.4 Å². The molecule has 1 aromatic heterocycles. The highest BCUT2D eigenvalue weighted by atomic mass is 19.4. The molecule has 1 aliphatic carbocycles. The Morgan fingerprint density at radius 1 is 1.29 bits per heavy atom.